The van der Waals surface area contributed by atoms with Crippen LogP contribution in [0.5, 0.6) is 0 Å². The van der Waals surface area contributed by atoms with Gasteiger partial charge in [-0.1, -0.05) is 0 Å². The standard InChI is InChI=1S/C13H29NO4/c1-6-15-12(16-7-2)10-14(5)11-13(17-8-3)18-9-4/h12-13H,6-11H2,1-5H3/p+1. The van der Waals surface area contributed by atoms with Gasteiger partial charge >= 0.3 is 0 Å². The maximum Gasteiger partial charge on any atom is 0.207 e. The molecule has 1 N–H and O–H groups in total. The molecule has 0 saturated heterocycles. The molecule has 0 aliphatic heterocycles. The van der Waals surface area contributed by atoms with E-state index in [9.17, 15) is 0 Å². The lowest BCUT2D eigenvalue weighted by molar-refractivity contribution is -0.892. The minimum atomic E-state index is -0.149. The molecule has 0 aromatic heterocycles. The molecular weight excluding hydrogens is 234 g/mol. The summed E-state index contributed by atoms with van der Waals surface area (Å²) in [4.78, 5) is 1.27. The Labute approximate surface area is 111 Å². The first-order valence-corrected chi connectivity index (χ1v) is 6.95. The summed E-state index contributed by atoms with van der Waals surface area (Å²) in [6.45, 7) is 12.1. The molecule has 5 heteroatoms. The summed E-state index contributed by atoms with van der Waals surface area (Å²) in [6, 6.07) is 0. The first-order valence-electron chi connectivity index (χ1n) is 6.95. The van der Waals surface area contributed by atoms with Crippen LogP contribution in [0, 0.1) is 0 Å². The predicted molar refractivity (Wildman–Crippen MR) is 70.7 cm³/mol. The average molecular weight is 264 g/mol. The molecule has 0 saturated carbocycles. The number of ether oxygens (including phenoxy) is 4. The van der Waals surface area contributed by atoms with Gasteiger partial charge in [-0.25, -0.2) is 0 Å². The zero-order chi connectivity index (χ0) is 13.8. The highest BCUT2D eigenvalue weighted by Gasteiger charge is 2.19. The van der Waals surface area contributed by atoms with E-state index < -0.39 is 0 Å². The summed E-state index contributed by atoms with van der Waals surface area (Å²) in [5.41, 5.74) is 0. The van der Waals surface area contributed by atoms with Gasteiger partial charge in [-0.05, 0) is 27.7 Å². The Kier molecular flexibility index (Phi) is 11.7. The molecule has 110 valence electrons. The minimum Gasteiger partial charge on any atom is -0.348 e. The number of nitrogens with one attached hydrogen (secondary N) is 1. The van der Waals surface area contributed by atoms with E-state index in [1.165, 1.54) is 4.90 Å². The van der Waals surface area contributed by atoms with E-state index in [-0.39, 0.29) is 12.6 Å². The zero-order valence-electron chi connectivity index (χ0n) is 12.5. The summed E-state index contributed by atoms with van der Waals surface area (Å²) in [6.07, 6.45) is -0.298. The van der Waals surface area contributed by atoms with Crippen molar-refractivity contribution in [1.29, 1.82) is 0 Å². The Morgan fingerprint density at radius 1 is 0.667 bits per heavy atom. The lowest BCUT2D eigenvalue weighted by Crippen LogP contribution is -3.11. The van der Waals surface area contributed by atoms with Crippen molar-refractivity contribution < 1.29 is 23.8 Å². The van der Waals surface area contributed by atoms with Crippen molar-refractivity contribution in [2.45, 2.75) is 40.3 Å². The summed E-state index contributed by atoms with van der Waals surface area (Å²) >= 11 is 0. The molecule has 0 bridgehead atoms. The summed E-state index contributed by atoms with van der Waals surface area (Å²) in [5.74, 6) is 0. The van der Waals surface area contributed by atoms with E-state index in [0.717, 1.165) is 13.1 Å². The van der Waals surface area contributed by atoms with E-state index in [0.29, 0.717) is 26.4 Å². The molecule has 0 aliphatic rings. The number of likely N-dealkylation sites (N-methyl/N-ethyl adjacent to an activating group) is 1. The maximum absolute atomic E-state index is 5.53. The normalized spacial score (nSPS) is 12.0. The summed E-state index contributed by atoms with van der Waals surface area (Å²) in [7, 11) is 2.09. The second kappa shape index (κ2) is 11.9. The van der Waals surface area contributed by atoms with Crippen LogP contribution in [0.25, 0.3) is 0 Å². The van der Waals surface area contributed by atoms with Gasteiger partial charge < -0.3 is 23.8 Å². The Morgan fingerprint density at radius 3 is 1.17 bits per heavy atom. The zero-order valence-corrected chi connectivity index (χ0v) is 12.5. The molecular formula is C13H30NO4+. The van der Waals surface area contributed by atoms with Gasteiger partial charge in [0, 0.05) is 26.4 Å². The lowest BCUT2D eigenvalue weighted by Gasteiger charge is -2.24. The van der Waals surface area contributed by atoms with Crippen molar-refractivity contribution in [3.05, 3.63) is 0 Å². The molecule has 0 aliphatic carbocycles. The Hall–Kier alpha value is -0.200. The van der Waals surface area contributed by atoms with Gasteiger partial charge in [0.05, 0.1) is 7.05 Å². The van der Waals surface area contributed by atoms with Crippen LogP contribution < -0.4 is 4.90 Å². The Morgan fingerprint density at radius 2 is 0.944 bits per heavy atom. The van der Waals surface area contributed by atoms with E-state index >= 15 is 0 Å². The molecule has 0 spiro atoms. The molecule has 0 unspecified atom stereocenters. The van der Waals surface area contributed by atoms with Crippen molar-refractivity contribution in [1.82, 2.24) is 0 Å². The molecule has 0 rings (SSSR count). The SMILES string of the molecule is CCOC(C[NH+](C)CC(OCC)OCC)OCC. The Balaban J connectivity index is 4.05. The van der Waals surface area contributed by atoms with E-state index in [2.05, 4.69) is 7.05 Å². The Bertz CT molecular complexity index is 150. The van der Waals surface area contributed by atoms with Crippen LogP contribution >= 0.6 is 0 Å². The highest BCUT2D eigenvalue weighted by molar-refractivity contribution is 4.43. The van der Waals surface area contributed by atoms with Gasteiger partial charge in [0.25, 0.3) is 0 Å². The lowest BCUT2D eigenvalue weighted by atomic mass is 10.4. The highest BCUT2D eigenvalue weighted by Crippen LogP contribution is 1.94. The van der Waals surface area contributed by atoms with Crippen molar-refractivity contribution in [3.8, 4) is 0 Å². The first kappa shape index (κ1) is 17.8. The molecule has 0 atom stereocenters. The second-order valence-corrected chi connectivity index (χ2v) is 4.05. The fourth-order valence-electron chi connectivity index (χ4n) is 1.73. The monoisotopic (exact) mass is 264 g/mol. The molecule has 0 aromatic rings. The van der Waals surface area contributed by atoms with Crippen molar-refractivity contribution in [2.24, 2.45) is 0 Å². The summed E-state index contributed by atoms with van der Waals surface area (Å²) in [5, 5.41) is 0. The number of hydrogen-bond acceptors (Lipinski definition) is 4. The smallest absolute Gasteiger partial charge is 0.207 e. The molecule has 5 nitrogen and oxygen atoms in total. The third-order valence-electron chi connectivity index (χ3n) is 2.44. The van der Waals surface area contributed by atoms with Gasteiger partial charge in [0.1, 0.15) is 13.1 Å². The van der Waals surface area contributed by atoms with Gasteiger partial charge in [-0.3, -0.25) is 0 Å². The van der Waals surface area contributed by atoms with Crippen LogP contribution in [0.1, 0.15) is 27.7 Å². The van der Waals surface area contributed by atoms with Crippen molar-refractivity contribution >= 4 is 0 Å². The van der Waals surface area contributed by atoms with Crippen LogP contribution in [0.15, 0.2) is 0 Å². The van der Waals surface area contributed by atoms with Crippen LogP contribution in [0.3, 0.4) is 0 Å². The number of rotatable bonds is 12. The fraction of sp³-hybridized carbons (Fsp3) is 1.00. The van der Waals surface area contributed by atoms with Gasteiger partial charge in [-0.15, -0.1) is 0 Å². The second-order valence-electron chi connectivity index (χ2n) is 4.05. The molecule has 18 heavy (non-hydrogen) atoms. The topological polar surface area (TPSA) is 41.4 Å². The van der Waals surface area contributed by atoms with Crippen molar-refractivity contribution in [3.63, 3.8) is 0 Å². The van der Waals surface area contributed by atoms with Crippen LogP contribution in [-0.4, -0.2) is 59.1 Å². The van der Waals surface area contributed by atoms with E-state index in [1.54, 1.807) is 0 Å². The summed E-state index contributed by atoms with van der Waals surface area (Å²) < 4.78 is 22.1. The highest BCUT2D eigenvalue weighted by atomic mass is 16.7. The fourth-order valence-corrected chi connectivity index (χ4v) is 1.73. The van der Waals surface area contributed by atoms with Crippen molar-refractivity contribution in [2.75, 3.05) is 46.6 Å². The van der Waals surface area contributed by atoms with Crippen LogP contribution in [-0.2, 0) is 18.9 Å². The molecule has 0 aromatic carbocycles. The van der Waals surface area contributed by atoms with Gasteiger partial charge in [0.15, 0.2) is 0 Å². The largest absolute Gasteiger partial charge is 0.348 e. The number of hydrogen-bond donors (Lipinski definition) is 1. The van der Waals surface area contributed by atoms with E-state index in [1.807, 2.05) is 27.7 Å². The molecule has 0 heterocycles. The van der Waals surface area contributed by atoms with Gasteiger partial charge in [-0.2, -0.15) is 0 Å². The first-order chi connectivity index (χ1) is 8.67. The maximum atomic E-state index is 5.53. The predicted octanol–water partition coefficient (Wildman–Crippen LogP) is 0.299. The third kappa shape index (κ3) is 8.83. The quantitative estimate of drug-likeness (QED) is 0.515. The third-order valence-corrected chi connectivity index (χ3v) is 2.44. The van der Waals surface area contributed by atoms with Crippen LogP contribution in [0.2, 0.25) is 0 Å². The minimum absolute atomic E-state index is 0.149. The van der Waals surface area contributed by atoms with Crippen LogP contribution in [0.4, 0.5) is 0 Å². The van der Waals surface area contributed by atoms with Gasteiger partial charge in [0.2, 0.25) is 12.6 Å². The number of quaternary nitrogens is 1. The van der Waals surface area contributed by atoms with E-state index in [4.69, 9.17) is 18.9 Å². The molecule has 0 fully saturated rings. The average Bonchev–Trinajstić information content (AvgIpc) is 2.30. The molecule has 0 radical (unpaired) electrons. The molecule has 0 amide bonds.